The van der Waals surface area contributed by atoms with Crippen LogP contribution in [0.15, 0.2) is 48.5 Å². The highest BCUT2D eigenvalue weighted by Crippen LogP contribution is 2.23. The summed E-state index contributed by atoms with van der Waals surface area (Å²) in [6.07, 6.45) is 0. The topological polar surface area (TPSA) is 54.5 Å². The fourth-order valence-electron chi connectivity index (χ4n) is 3.79. The number of morpholine rings is 1. The molecule has 1 unspecified atom stereocenters. The molecule has 7 heteroatoms. The highest BCUT2D eigenvalue weighted by molar-refractivity contribution is 6.31. The summed E-state index contributed by atoms with van der Waals surface area (Å²) in [6.45, 7) is 5.01. The Balaban J connectivity index is 1.55. The largest absolute Gasteiger partial charge is 0.379 e. The van der Waals surface area contributed by atoms with Crippen molar-refractivity contribution in [3.05, 3.63) is 76.2 Å². The molecular weight excluding hydrogens is 405 g/mol. The molecule has 2 aromatic carbocycles. The van der Waals surface area contributed by atoms with Gasteiger partial charge in [0.25, 0.3) is 5.91 Å². The van der Waals surface area contributed by atoms with E-state index in [1.807, 2.05) is 19.1 Å². The number of rotatable bonds is 5. The molecule has 1 aliphatic heterocycles. The monoisotopic (exact) mass is 427 g/mol. The minimum absolute atomic E-state index is 0.0679. The van der Waals surface area contributed by atoms with E-state index < -0.39 is 0 Å². The summed E-state index contributed by atoms with van der Waals surface area (Å²) in [5.74, 6) is -0.470. The highest BCUT2D eigenvalue weighted by Gasteiger charge is 2.24. The molecule has 2 heterocycles. The Bertz CT molecular complexity index is 1050. The van der Waals surface area contributed by atoms with Gasteiger partial charge in [0.2, 0.25) is 0 Å². The van der Waals surface area contributed by atoms with E-state index in [0.29, 0.717) is 36.0 Å². The van der Waals surface area contributed by atoms with Crippen LogP contribution in [0.4, 0.5) is 4.39 Å². The second-order valence-electron chi connectivity index (χ2n) is 7.38. The van der Waals surface area contributed by atoms with Gasteiger partial charge in [0.15, 0.2) is 0 Å². The van der Waals surface area contributed by atoms with Crippen molar-refractivity contribution >= 4 is 28.4 Å². The van der Waals surface area contributed by atoms with Gasteiger partial charge in [-0.25, -0.2) is 4.39 Å². The van der Waals surface area contributed by atoms with Gasteiger partial charge in [-0.15, -0.1) is 0 Å². The summed E-state index contributed by atoms with van der Waals surface area (Å²) in [5.41, 5.74) is 2.93. The van der Waals surface area contributed by atoms with Crippen LogP contribution in [0.1, 0.15) is 27.7 Å². The Labute approximate surface area is 179 Å². The van der Waals surface area contributed by atoms with Crippen molar-refractivity contribution in [3.8, 4) is 0 Å². The first-order valence-electron chi connectivity index (χ1n) is 9.93. The summed E-state index contributed by atoms with van der Waals surface area (Å²) in [6, 6.07) is 13.6. The van der Waals surface area contributed by atoms with Gasteiger partial charge in [0.1, 0.15) is 5.82 Å². The molecule has 0 bridgehead atoms. The van der Waals surface area contributed by atoms with E-state index in [9.17, 15) is 9.18 Å². The average Bonchev–Trinajstić information content (AvgIpc) is 2.75. The Morgan fingerprint density at radius 1 is 1.20 bits per heavy atom. The van der Waals surface area contributed by atoms with Crippen molar-refractivity contribution in [2.75, 3.05) is 32.8 Å². The van der Waals surface area contributed by atoms with Crippen molar-refractivity contribution in [3.63, 3.8) is 0 Å². The third-order valence-electron chi connectivity index (χ3n) is 5.41. The third-order valence-corrected chi connectivity index (χ3v) is 5.64. The van der Waals surface area contributed by atoms with E-state index in [4.69, 9.17) is 16.3 Å². The number of nitrogens with one attached hydrogen (secondary N) is 1. The zero-order valence-corrected chi connectivity index (χ0v) is 17.5. The van der Waals surface area contributed by atoms with Gasteiger partial charge in [-0.2, -0.15) is 0 Å². The van der Waals surface area contributed by atoms with Crippen molar-refractivity contribution in [1.29, 1.82) is 0 Å². The lowest BCUT2D eigenvalue weighted by molar-refractivity contribution is 0.0162. The second-order valence-corrected chi connectivity index (χ2v) is 7.82. The summed E-state index contributed by atoms with van der Waals surface area (Å²) < 4.78 is 18.9. The van der Waals surface area contributed by atoms with Crippen LogP contribution in [0.25, 0.3) is 10.9 Å². The molecule has 1 saturated heterocycles. The van der Waals surface area contributed by atoms with Gasteiger partial charge in [-0.3, -0.25) is 14.7 Å². The second kappa shape index (κ2) is 9.08. The number of carbonyl (C=O) groups excluding carboxylic acids is 1. The van der Waals surface area contributed by atoms with Crippen molar-refractivity contribution in [2.24, 2.45) is 0 Å². The van der Waals surface area contributed by atoms with E-state index in [-0.39, 0.29) is 17.8 Å². The predicted molar refractivity (Wildman–Crippen MR) is 115 cm³/mol. The van der Waals surface area contributed by atoms with Crippen LogP contribution in [-0.4, -0.2) is 48.6 Å². The Morgan fingerprint density at radius 3 is 2.67 bits per heavy atom. The first-order chi connectivity index (χ1) is 14.5. The molecule has 0 aliphatic carbocycles. The Morgan fingerprint density at radius 2 is 1.93 bits per heavy atom. The number of amides is 1. The molecule has 1 aliphatic rings. The van der Waals surface area contributed by atoms with E-state index in [2.05, 4.69) is 15.2 Å². The number of carbonyl (C=O) groups is 1. The van der Waals surface area contributed by atoms with Crippen molar-refractivity contribution in [2.45, 2.75) is 13.0 Å². The van der Waals surface area contributed by atoms with Crippen molar-refractivity contribution < 1.29 is 13.9 Å². The molecule has 1 aromatic heterocycles. The molecule has 1 fully saturated rings. The minimum Gasteiger partial charge on any atom is -0.379 e. The zero-order chi connectivity index (χ0) is 21.1. The SMILES string of the molecule is Cc1nc2ccc(Cl)cc2cc1C(=O)NCC(c1ccc(F)cc1)N1CCOCC1. The first-order valence-corrected chi connectivity index (χ1v) is 10.3. The normalized spacial score (nSPS) is 15.8. The summed E-state index contributed by atoms with van der Waals surface area (Å²) in [7, 11) is 0. The molecule has 156 valence electrons. The van der Waals surface area contributed by atoms with Crippen LogP contribution in [-0.2, 0) is 4.74 Å². The molecule has 30 heavy (non-hydrogen) atoms. The van der Waals surface area contributed by atoms with Gasteiger partial charge >= 0.3 is 0 Å². The average molecular weight is 428 g/mol. The van der Waals surface area contributed by atoms with Crippen LogP contribution in [0.3, 0.4) is 0 Å². The zero-order valence-electron chi connectivity index (χ0n) is 16.7. The van der Waals surface area contributed by atoms with Crippen LogP contribution < -0.4 is 5.32 Å². The van der Waals surface area contributed by atoms with Gasteiger partial charge in [-0.1, -0.05) is 23.7 Å². The fraction of sp³-hybridized carbons (Fsp3) is 0.304. The maximum Gasteiger partial charge on any atom is 0.253 e. The molecule has 1 amide bonds. The highest BCUT2D eigenvalue weighted by atomic mass is 35.5. The maximum absolute atomic E-state index is 13.4. The molecule has 1 N–H and O–H groups in total. The van der Waals surface area contributed by atoms with E-state index >= 15 is 0 Å². The lowest BCUT2D eigenvalue weighted by atomic mass is 10.0. The number of nitrogens with zero attached hydrogens (tertiary/aromatic N) is 2. The Kier molecular flexibility index (Phi) is 6.27. The smallest absolute Gasteiger partial charge is 0.253 e. The number of aromatic nitrogens is 1. The van der Waals surface area contributed by atoms with E-state index in [0.717, 1.165) is 29.6 Å². The summed E-state index contributed by atoms with van der Waals surface area (Å²) >= 11 is 6.09. The Hall–Kier alpha value is -2.54. The number of hydrogen-bond acceptors (Lipinski definition) is 4. The number of ether oxygens (including phenoxy) is 1. The molecule has 3 aromatic rings. The van der Waals surface area contributed by atoms with Gasteiger partial charge < -0.3 is 10.1 Å². The van der Waals surface area contributed by atoms with Crippen LogP contribution in [0.2, 0.25) is 5.02 Å². The molecule has 5 nitrogen and oxygen atoms in total. The fourth-order valence-corrected chi connectivity index (χ4v) is 3.97. The van der Waals surface area contributed by atoms with Gasteiger partial charge in [0, 0.05) is 30.0 Å². The van der Waals surface area contributed by atoms with Crippen LogP contribution in [0, 0.1) is 12.7 Å². The number of fused-ring (bicyclic) bond motifs is 1. The van der Waals surface area contributed by atoms with Crippen LogP contribution >= 0.6 is 11.6 Å². The van der Waals surface area contributed by atoms with E-state index in [1.54, 1.807) is 24.3 Å². The molecule has 0 radical (unpaired) electrons. The standard InChI is InChI=1S/C23H23ClFN3O2/c1-15-20(13-17-12-18(24)4-7-21(17)27-15)23(29)26-14-22(28-8-10-30-11-9-28)16-2-5-19(25)6-3-16/h2-7,12-13,22H,8-11,14H2,1H3,(H,26,29). The third kappa shape index (κ3) is 4.61. The number of benzene rings is 2. The van der Waals surface area contributed by atoms with Gasteiger partial charge in [0.05, 0.1) is 36.0 Å². The number of halogens is 2. The molecular formula is C23H23ClFN3O2. The lowest BCUT2D eigenvalue weighted by Crippen LogP contribution is -2.43. The molecule has 1 atom stereocenters. The summed E-state index contributed by atoms with van der Waals surface area (Å²) in [5, 5.41) is 4.46. The number of pyridine rings is 1. The molecule has 4 rings (SSSR count). The molecule has 0 saturated carbocycles. The minimum atomic E-state index is -0.278. The number of hydrogen-bond donors (Lipinski definition) is 1. The van der Waals surface area contributed by atoms with Crippen LogP contribution in [0.5, 0.6) is 0 Å². The van der Waals surface area contributed by atoms with Gasteiger partial charge in [-0.05, 0) is 48.9 Å². The lowest BCUT2D eigenvalue weighted by Gasteiger charge is -2.35. The maximum atomic E-state index is 13.4. The molecule has 0 spiro atoms. The summed E-state index contributed by atoms with van der Waals surface area (Å²) in [4.78, 5) is 19.8. The first kappa shape index (κ1) is 20.7. The van der Waals surface area contributed by atoms with Crippen molar-refractivity contribution in [1.82, 2.24) is 15.2 Å². The number of aryl methyl sites for hydroxylation is 1. The predicted octanol–water partition coefficient (Wildman–Crippen LogP) is 4.14. The quantitative estimate of drug-likeness (QED) is 0.665. The van der Waals surface area contributed by atoms with E-state index in [1.165, 1.54) is 12.1 Å².